The molecule has 0 aliphatic heterocycles. The monoisotopic (exact) mass is 362 g/mol. The molecule has 1 amide bonds. The molecule has 3 aromatic rings. The summed E-state index contributed by atoms with van der Waals surface area (Å²) in [5, 5.41) is 16.0. The van der Waals surface area contributed by atoms with Crippen molar-refractivity contribution in [2.45, 2.75) is 26.3 Å². The van der Waals surface area contributed by atoms with Gasteiger partial charge in [-0.3, -0.25) is 4.79 Å². The highest BCUT2D eigenvalue weighted by Crippen LogP contribution is 2.25. The van der Waals surface area contributed by atoms with E-state index in [1.54, 1.807) is 30.5 Å². The van der Waals surface area contributed by atoms with E-state index in [1.165, 1.54) is 16.1 Å². The smallest absolute Gasteiger partial charge is 0.249 e. The Morgan fingerprint density at radius 2 is 2.08 bits per heavy atom. The number of carbonyl (C=O) groups excluding carboxylic acids is 1. The van der Waals surface area contributed by atoms with E-state index in [4.69, 9.17) is 11.6 Å². The molecule has 2 heterocycles. The van der Waals surface area contributed by atoms with Crippen LogP contribution in [-0.4, -0.2) is 31.1 Å². The summed E-state index contributed by atoms with van der Waals surface area (Å²) < 4.78 is 0. The Balaban J connectivity index is 1.63. The fourth-order valence-electron chi connectivity index (χ4n) is 1.92. The summed E-state index contributed by atoms with van der Waals surface area (Å²) in [6, 6.07) is 7.09. The van der Waals surface area contributed by atoms with Crippen molar-refractivity contribution in [2.75, 3.05) is 5.32 Å². The molecular weight excluding hydrogens is 348 g/mol. The highest BCUT2D eigenvalue weighted by molar-refractivity contribution is 7.15. The molecule has 7 nitrogen and oxygen atoms in total. The topological polar surface area (TPSA) is 85.6 Å². The van der Waals surface area contributed by atoms with E-state index >= 15 is 0 Å². The van der Waals surface area contributed by atoms with Crippen LogP contribution in [0.3, 0.4) is 0 Å². The predicted octanol–water partition coefficient (Wildman–Crippen LogP) is 3.21. The molecule has 0 aliphatic rings. The van der Waals surface area contributed by atoms with E-state index in [9.17, 15) is 4.79 Å². The van der Waals surface area contributed by atoms with Crippen LogP contribution in [0.4, 0.5) is 5.13 Å². The number of nitrogens with zero attached hydrogens (tertiary/aromatic N) is 5. The molecule has 2 aromatic heterocycles. The number of thiazole rings is 1. The number of carbonyl (C=O) groups is 1. The first kappa shape index (κ1) is 16.5. The molecule has 9 heteroatoms. The SMILES string of the molecule is CC(C)c1cnc(NC(=O)Cn2nnc(-c3ccc(Cl)cc3)n2)s1. The van der Waals surface area contributed by atoms with Crippen LogP contribution in [0.15, 0.2) is 30.5 Å². The first-order valence-corrected chi connectivity index (χ1v) is 8.50. The Kier molecular flexibility index (Phi) is 4.86. The second-order valence-electron chi connectivity index (χ2n) is 5.42. The highest BCUT2D eigenvalue weighted by Gasteiger charge is 2.12. The molecule has 0 atom stereocenters. The van der Waals surface area contributed by atoms with Crippen molar-refractivity contribution >= 4 is 34.0 Å². The maximum absolute atomic E-state index is 12.1. The molecule has 0 aliphatic carbocycles. The zero-order valence-corrected chi connectivity index (χ0v) is 14.7. The van der Waals surface area contributed by atoms with Crippen molar-refractivity contribution in [1.29, 1.82) is 0 Å². The number of anilines is 1. The van der Waals surface area contributed by atoms with E-state index in [-0.39, 0.29) is 12.5 Å². The van der Waals surface area contributed by atoms with Gasteiger partial charge in [-0.05, 0) is 35.4 Å². The molecule has 0 fully saturated rings. The molecule has 0 saturated heterocycles. The van der Waals surface area contributed by atoms with E-state index in [0.717, 1.165) is 10.4 Å². The largest absolute Gasteiger partial charge is 0.300 e. The van der Waals surface area contributed by atoms with Gasteiger partial charge in [-0.15, -0.1) is 21.5 Å². The maximum Gasteiger partial charge on any atom is 0.249 e. The fourth-order valence-corrected chi connectivity index (χ4v) is 2.88. The van der Waals surface area contributed by atoms with Gasteiger partial charge in [0.1, 0.15) is 6.54 Å². The lowest BCUT2D eigenvalue weighted by Crippen LogP contribution is -2.20. The Bertz CT molecular complexity index is 842. The normalized spacial score (nSPS) is 11.0. The second-order valence-corrected chi connectivity index (χ2v) is 6.92. The first-order valence-electron chi connectivity index (χ1n) is 7.30. The molecular formula is C15H15ClN6OS. The van der Waals surface area contributed by atoms with Crippen LogP contribution in [0.2, 0.25) is 5.02 Å². The average molecular weight is 363 g/mol. The molecule has 1 N–H and O–H groups in total. The summed E-state index contributed by atoms with van der Waals surface area (Å²) in [5.41, 5.74) is 0.785. The standard InChI is InChI=1S/C15H15ClN6OS/c1-9(2)12-7-17-15(24-12)18-13(23)8-22-20-14(19-21-22)10-3-5-11(16)6-4-10/h3-7,9H,8H2,1-2H3,(H,17,18,23). The number of rotatable bonds is 5. The van der Waals surface area contributed by atoms with E-state index < -0.39 is 0 Å². The molecule has 124 valence electrons. The lowest BCUT2D eigenvalue weighted by atomic mass is 10.2. The molecule has 1 aromatic carbocycles. The third-order valence-electron chi connectivity index (χ3n) is 3.18. The summed E-state index contributed by atoms with van der Waals surface area (Å²) in [4.78, 5) is 18.6. The van der Waals surface area contributed by atoms with Crippen LogP contribution in [0, 0.1) is 0 Å². The first-order chi connectivity index (χ1) is 11.5. The number of benzene rings is 1. The third-order valence-corrected chi connectivity index (χ3v) is 4.64. The fraction of sp³-hybridized carbons (Fsp3) is 0.267. The van der Waals surface area contributed by atoms with E-state index in [2.05, 4.69) is 39.6 Å². The van der Waals surface area contributed by atoms with Gasteiger partial charge in [-0.25, -0.2) is 4.98 Å². The number of hydrogen-bond donors (Lipinski definition) is 1. The molecule has 0 radical (unpaired) electrons. The summed E-state index contributed by atoms with van der Waals surface area (Å²) in [6.45, 7) is 4.13. The molecule has 0 bridgehead atoms. The molecule has 0 spiro atoms. The third kappa shape index (κ3) is 3.95. The van der Waals surface area contributed by atoms with Gasteiger partial charge in [-0.2, -0.15) is 4.80 Å². The van der Waals surface area contributed by atoms with Crippen molar-refractivity contribution in [3.63, 3.8) is 0 Å². The minimum Gasteiger partial charge on any atom is -0.300 e. The maximum atomic E-state index is 12.1. The van der Waals surface area contributed by atoms with Crippen molar-refractivity contribution in [3.05, 3.63) is 40.4 Å². The van der Waals surface area contributed by atoms with E-state index in [0.29, 0.717) is 21.9 Å². The summed E-state index contributed by atoms with van der Waals surface area (Å²) in [7, 11) is 0. The predicted molar refractivity (Wildman–Crippen MR) is 93.1 cm³/mol. The Morgan fingerprint density at radius 3 is 2.75 bits per heavy atom. The zero-order valence-electron chi connectivity index (χ0n) is 13.1. The second kappa shape index (κ2) is 7.06. The quantitative estimate of drug-likeness (QED) is 0.753. The highest BCUT2D eigenvalue weighted by atomic mass is 35.5. The van der Waals surface area contributed by atoms with E-state index in [1.807, 2.05) is 0 Å². The Hall–Kier alpha value is -2.32. The van der Waals surface area contributed by atoms with Crippen molar-refractivity contribution in [3.8, 4) is 11.4 Å². The van der Waals surface area contributed by atoms with Gasteiger partial charge in [0.15, 0.2) is 5.13 Å². The number of nitrogens with one attached hydrogen (secondary N) is 1. The minimum atomic E-state index is -0.250. The lowest BCUT2D eigenvalue weighted by molar-refractivity contribution is -0.117. The van der Waals surface area contributed by atoms with Gasteiger partial charge in [0.05, 0.1) is 0 Å². The van der Waals surface area contributed by atoms with Crippen LogP contribution < -0.4 is 5.32 Å². The minimum absolute atomic E-state index is 0.0306. The number of hydrogen-bond acceptors (Lipinski definition) is 6. The summed E-state index contributed by atoms with van der Waals surface area (Å²) in [5.74, 6) is 0.572. The van der Waals surface area contributed by atoms with Gasteiger partial charge in [-0.1, -0.05) is 25.4 Å². The van der Waals surface area contributed by atoms with Gasteiger partial charge in [0, 0.05) is 21.7 Å². The van der Waals surface area contributed by atoms with Gasteiger partial charge < -0.3 is 5.32 Å². The number of aromatic nitrogens is 5. The van der Waals surface area contributed by atoms with Crippen LogP contribution in [-0.2, 0) is 11.3 Å². The van der Waals surface area contributed by atoms with Crippen LogP contribution in [0.5, 0.6) is 0 Å². The molecule has 0 unspecified atom stereocenters. The van der Waals surface area contributed by atoms with Crippen LogP contribution in [0.1, 0.15) is 24.6 Å². The summed E-state index contributed by atoms with van der Waals surface area (Å²) >= 11 is 7.31. The number of tetrazole rings is 1. The molecule has 0 saturated carbocycles. The van der Waals surface area contributed by atoms with Gasteiger partial charge in [0.2, 0.25) is 11.7 Å². The summed E-state index contributed by atoms with van der Waals surface area (Å²) in [6.07, 6.45) is 1.78. The Morgan fingerprint density at radius 1 is 1.33 bits per heavy atom. The average Bonchev–Trinajstić information content (AvgIpc) is 3.17. The molecule has 3 rings (SSSR count). The molecule has 24 heavy (non-hydrogen) atoms. The van der Waals surface area contributed by atoms with Crippen molar-refractivity contribution < 1.29 is 4.79 Å². The van der Waals surface area contributed by atoms with Crippen LogP contribution >= 0.6 is 22.9 Å². The zero-order chi connectivity index (χ0) is 17.1. The van der Waals surface area contributed by atoms with Gasteiger partial charge in [0.25, 0.3) is 0 Å². The number of amides is 1. The van der Waals surface area contributed by atoms with Gasteiger partial charge >= 0.3 is 0 Å². The Labute approximate surface area is 147 Å². The van der Waals surface area contributed by atoms with Crippen molar-refractivity contribution in [2.24, 2.45) is 0 Å². The van der Waals surface area contributed by atoms with Crippen molar-refractivity contribution in [1.82, 2.24) is 25.2 Å². The van der Waals surface area contributed by atoms with Crippen LogP contribution in [0.25, 0.3) is 11.4 Å². The lowest BCUT2D eigenvalue weighted by Gasteiger charge is -2.00. The number of halogens is 1.